The molecule has 3 nitrogen and oxygen atoms in total. The molecule has 1 aromatic rings. The Bertz CT molecular complexity index is 334. The van der Waals surface area contributed by atoms with E-state index < -0.39 is 0 Å². The summed E-state index contributed by atoms with van der Waals surface area (Å²) in [7, 11) is 0. The van der Waals surface area contributed by atoms with E-state index in [2.05, 4.69) is 11.9 Å². The molecule has 1 aliphatic rings. The molecule has 14 heavy (non-hydrogen) atoms. The molecule has 0 aliphatic carbocycles. The third-order valence-electron chi connectivity index (χ3n) is 2.44. The van der Waals surface area contributed by atoms with Crippen LogP contribution in [0.4, 0.5) is 0 Å². The number of benzene rings is 1. The van der Waals surface area contributed by atoms with Gasteiger partial charge in [0.2, 0.25) is 0 Å². The quantitative estimate of drug-likeness (QED) is 0.773. The summed E-state index contributed by atoms with van der Waals surface area (Å²) in [4.78, 5) is 4.24. The average molecular weight is 190 g/mol. The van der Waals surface area contributed by atoms with Crippen molar-refractivity contribution in [3.8, 4) is 0 Å². The summed E-state index contributed by atoms with van der Waals surface area (Å²) in [6, 6.07) is 10.6. The van der Waals surface area contributed by atoms with E-state index in [1.165, 1.54) is 0 Å². The van der Waals surface area contributed by atoms with Gasteiger partial charge in [0.25, 0.3) is 6.02 Å². The van der Waals surface area contributed by atoms with Gasteiger partial charge in [-0.05, 0) is 12.0 Å². The van der Waals surface area contributed by atoms with Crippen LogP contribution < -0.4 is 5.73 Å². The maximum Gasteiger partial charge on any atom is 0.283 e. The summed E-state index contributed by atoms with van der Waals surface area (Å²) >= 11 is 0. The molecular formula is C11H14N2O. The van der Waals surface area contributed by atoms with Gasteiger partial charge in [0.1, 0.15) is 6.10 Å². The van der Waals surface area contributed by atoms with E-state index >= 15 is 0 Å². The topological polar surface area (TPSA) is 47.6 Å². The molecule has 0 radical (unpaired) electrons. The van der Waals surface area contributed by atoms with Crippen molar-refractivity contribution in [2.24, 2.45) is 10.7 Å². The second kappa shape index (κ2) is 3.70. The lowest BCUT2D eigenvalue weighted by atomic mass is 10.0. The smallest absolute Gasteiger partial charge is 0.283 e. The maximum absolute atomic E-state index is 5.56. The molecule has 0 saturated carbocycles. The molecule has 74 valence electrons. The third kappa shape index (κ3) is 1.58. The van der Waals surface area contributed by atoms with Crippen molar-refractivity contribution in [3.05, 3.63) is 35.9 Å². The second-order valence-corrected chi connectivity index (χ2v) is 3.39. The van der Waals surface area contributed by atoms with Gasteiger partial charge in [-0.25, -0.2) is 4.99 Å². The lowest BCUT2D eigenvalue weighted by molar-refractivity contribution is 0.191. The van der Waals surface area contributed by atoms with E-state index in [1.54, 1.807) is 0 Å². The molecule has 2 unspecified atom stereocenters. The van der Waals surface area contributed by atoms with Crippen molar-refractivity contribution in [2.75, 3.05) is 0 Å². The van der Waals surface area contributed by atoms with Crippen LogP contribution in [-0.4, -0.2) is 12.1 Å². The van der Waals surface area contributed by atoms with Crippen molar-refractivity contribution in [2.45, 2.75) is 25.5 Å². The van der Waals surface area contributed by atoms with E-state index in [0.717, 1.165) is 12.0 Å². The van der Waals surface area contributed by atoms with Gasteiger partial charge in [0, 0.05) is 0 Å². The maximum atomic E-state index is 5.56. The van der Waals surface area contributed by atoms with Crippen molar-refractivity contribution in [1.29, 1.82) is 0 Å². The van der Waals surface area contributed by atoms with Crippen LogP contribution in [0.1, 0.15) is 25.0 Å². The molecule has 2 atom stereocenters. The van der Waals surface area contributed by atoms with Crippen LogP contribution in [0.2, 0.25) is 0 Å². The molecule has 1 aliphatic heterocycles. The summed E-state index contributed by atoms with van der Waals surface area (Å²) in [5.74, 6) is 0. The molecule has 0 amide bonds. The standard InChI is InChI=1S/C11H14N2O/c1-2-9-10(14-11(12)13-9)8-6-4-3-5-7-8/h3-7,9-10H,2H2,1H3,(H2,12,13). The van der Waals surface area contributed by atoms with Crippen molar-refractivity contribution >= 4 is 6.02 Å². The molecule has 0 aromatic heterocycles. The van der Waals surface area contributed by atoms with E-state index in [-0.39, 0.29) is 12.1 Å². The fraction of sp³-hybridized carbons (Fsp3) is 0.364. The highest BCUT2D eigenvalue weighted by atomic mass is 16.5. The first kappa shape index (κ1) is 9.06. The minimum absolute atomic E-state index is 0.00111. The van der Waals surface area contributed by atoms with Gasteiger partial charge in [-0.1, -0.05) is 37.3 Å². The highest BCUT2D eigenvalue weighted by Gasteiger charge is 2.29. The van der Waals surface area contributed by atoms with Crippen LogP contribution in [0, 0.1) is 0 Å². The van der Waals surface area contributed by atoms with Gasteiger partial charge in [-0.2, -0.15) is 0 Å². The van der Waals surface area contributed by atoms with Gasteiger partial charge in [0.05, 0.1) is 6.04 Å². The van der Waals surface area contributed by atoms with Gasteiger partial charge in [0.15, 0.2) is 0 Å². The monoisotopic (exact) mass is 190 g/mol. The molecule has 0 spiro atoms. The molecule has 3 heteroatoms. The van der Waals surface area contributed by atoms with Crippen LogP contribution in [0.25, 0.3) is 0 Å². The Morgan fingerprint density at radius 2 is 2.07 bits per heavy atom. The Morgan fingerprint density at radius 1 is 1.36 bits per heavy atom. The summed E-state index contributed by atoms with van der Waals surface area (Å²) in [5.41, 5.74) is 6.70. The van der Waals surface area contributed by atoms with Crippen LogP contribution in [0.5, 0.6) is 0 Å². The van der Waals surface area contributed by atoms with Crippen molar-refractivity contribution < 1.29 is 4.74 Å². The van der Waals surface area contributed by atoms with Crippen molar-refractivity contribution in [1.82, 2.24) is 0 Å². The fourth-order valence-corrected chi connectivity index (χ4v) is 1.71. The number of ether oxygens (including phenoxy) is 1. The Labute approximate surface area is 83.6 Å². The Balaban J connectivity index is 2.21. The van der Waals surface area contributed by atoms with Gasteiger partial charge < -0.3 is 10.5 Å². The molecule has 0 saturated heterocycles. The van der Waals surface area contributed by atoms with E-state index in [9.17, 15) is 0 Å². The first-order valence-electron chi connectivity index (χ1n) is 4.86. The van der Waals surface area contributed by atoms with Gasteiger partial charge in [-0.15, -0.1) is 0 Å². The average Bonchev–Trinajstić information content (AvgIpc) is 2.61. The Morgan fingerprint density at radius 3 is 2.71 bits per heavy atom. The number of nitrogens with two attached hydrogens (primary N) is 1. The Hall–Kier alpha value is -1.51. The lowest BCUT2D eigenvalue weighted by Crippen LogP contribution is -2.15. The van der Waals surface area contributed by atoms with Crippen LogP contribution >= 0.6 is 0 Å². The zero-order valence-electron chi connectivity index (χ0n) is 8.18. The molecule has 0 bridgehead atoms. The number of amidine groups is 1. The minimum atomic E-state index is 0.00111. The van der Waals surface area contributed by atoms with Crippen LogP contribution in [-0.2, 0) is 4.74 Å². The minimum Gasteiger partial charge on any atom is -0.455 e. The van der Waals surface area contributed by atoms with Gasteiger partial charge >= 0.3 is 0 Å². The van der Waals surface area contributed by atoms with Crippen molar-refractivity contribution in [3.63, 3.8) is 0 Å². The van der Waals surface area contributed by atoms with E-state index in [0.29, 0.717) is 6.02 Å². The predicted octanol–water partition coefficient (Wildman–Crippen LogP) is 1.85. The summed E-state index contributed by atoms with van der Waals surface area (Å²) < 4.78 is 5.48. The summed E-state index contributed by atoms with van der Waals surface area (Å²) in [5, 5.41) is 0. The van der Waals surface area contributed by atoms with Crippen LogP contribution in [0.3, 0.4) is 0 Å². The zero-order chi connectivity index (χ0) is 9.97. The summed E-state index contributed by atoms with van der Waals surface area (Å²) in [6.45, 7) is 2.09. The highest BCUT2D eigenvalue weighted by Crippen LogP contribution is 2.29. The SMILES string of the molecule is CCC1N=C(N)OC1c1ccccc1. The third-order valence-corrected chi connectivity index (χ3v) is 2.44. The normalized spacial score (nSPS) is 25.6. The van der Waals surface area contributed by atoms with E-state index in [1.807, 2.05) is 30.3 Å². The number of rotatable bonds is 2. The van der Waals surface area contributed by atoms with Gasteiger partial charge in [-0.3, -0.25) is 0 Å². The number of hydrogen-bond donors (Lipinski definition) is 1. The number of nitrogens with zero attached hydrogens (tertiary/aromatic N) is 1. The lowest BCUT2D eigenvalue weighted by Gasteiger charge is -2.15. The number of aliphatic imine (C=N–C) groups is 1. The first-order valence-corrected chi connectivity index (χ1v) is 4.86. The Kier molecular flexibility index (Phi) is 2.39. The largest absolute Gasteiger partial charge is 0.455 e. The first-order chi connectivity index (χ1) is 6.81. The fourth-order valence-electron chi connectivity index (χ4n) is 1.71. The molecular weight excluding hydrogens is 176 g/mol. The summed E-state index contributed by atoms with van der Waals surface area (Å²) in [6.07, 6.45) is 0.946. The second-order valence-electron chi connectivity index (χ2n) is 3.39. The predicted molar refractivity (Wildman–Crippen MR) is 56.0 cm³/mol. The zero-order valence-corrected chi connectivity index (χ0v) is 8.18. The highest BCUT2D eigenvalue weighted by molar-refractivity contribution is 5.73. The molecule has 0 fully saturated rings. The molecule has 2 N–H and O–H groups in total. The van der Waals surface area contributed by atoms with E-state index in [4.69, 9.17) is 10.5 Å². The molecule has 1 heterocycles. The number of hydrogen-bond acceptors (Lipinski definition) is 3. The molecule has 1 aromatic carbocycles. The molecule has 2 rings (SSSR count). The van der Waals surface area contributed by atoms with Crippen LogP contribution in [0.15, 0.2) is 35.3 Å².